The molecule has 0 radical (unpaired) electrons. The van der Waals surface area contributed by atoms with Crippen LogP contribution in [0.3, 0.4) is 0 Å². The lowest BCUT2D eigenvalue weighted by Gasteiger charge is -2.03. The van der Waals surface area contributed by atoms with Gasteiger partial charge in [-0.05, 0) is 19.3 Å². The first-order valence-electron chi connectivity index (χ1n) is 10.9. The van der Waals surface area contributed by atoms with Gasteiger partial charge in [-0.15, -0.1) is 0 Å². The van der Waals surface area contributed by atoms with Gasteiger partial charge in [0.05, 0.1) is 0 Å². The lowest BCUT2D eigenvalue weighted by Crippen LogP contribution is -1.96. The number of unbranched alkanes of at least 4 members (excludes halogenated alkanes) is 14. The second-order valence-corrected chi connectivity index (χ2v) is 7.49. The molecule has 0 unspecified atom stereocenters. The molecule has 0 aromatic carbocycles. The summed E-state index contributed by atoms with van der Waals surface area (Å²) in [7, 11) is 0. The van der Waals surface area contributed by atoms with Crippen molar-refractivity contribution < 1.29 is 14.7 Å². The van der Waals surface area contributed by atoms with Crippen molar-refractivity contribution in [2.45, 2.75) is 129 Å². The second-order valence-electron chi connectivity index (χ2n) is 7.49. The van der Waals surface area contributed by atoms with Crippen molar-refractivity contribution in [2.75, 3.05) is 0 Å². The van der Waals surface area contributed by atoms with Crippen LogP contribution in [0.2, 0.25) is 0 Å². The Bertz CT molecular complexity index is 312. The molecule has 0 atom stereocenters. The number of rotatable bonds is 20. The minimum atomic E-state index is -0.665. The molecule has 0 saturated carbocycles. The minimum Gasteiger partial charge on any atom is -0.481 e. The molecule has 0 heterocycles. The molecule has 0 aromatic heterocycles. The van der Waals surface area contributed by atoms with Gasteiger partial charge in [0.2, 0.25) is 0 Å². The Morgan fingerprint density at radius 3 is 1.16 bits per heavy atom. The van der Waals surface area contributed by atoms with Crippen LogP contribution in [0.5, 0.6) is 0 Å². The summed E-state index contributed by atoms with van der Waals surface area (Å²) in [5, 5.41) is 8.55. The van der Waals surface area contributed by atoms with E-state index in [0.717, 1.165) is 38.5 Å². The molecule has 1 N–H and O–H groups in total. The molecule has 0 bridgehead atoms. The van der Waals surface area contributed by atoms with Gasteiger partial charge in [-0.3, -0.25) is 9.59 Å². The van der Waals surface area contributed by atoms with Crippen molar-refractivity contribution in [3.63, 3.8) is 0 Å². The van der Waals surface area contributed by atoms with E-state index >= 15 is 0 Å². The van der Waals surface area contributed by atoms with Crippen molar-refractivity contribution >= 4 is 11.8 Å². The van der Waals surface area contributed by atoms with Gasteiger partial charge in [0.1, 0.15) is 5.78 Å². The highest BCUT2D eigenvalue weighted by Gasteiger charge is 2.00. The highest BCUT2D eigenvalue weighted by atomic mass is 16.4. The molecular weight excluding hydrogens is 312 g/mol. The van der Waals surface area contributed by atoms with E-state index in [1.54, 1.807) is 0 Å². The zero-order valence-corrected chi connectivity index (χ0v) is 16.7. The van der Waals surface area contributed by atoms with E-state index in [2.05, 4.69) is 6.92 Å². The Kier molecular flexibility index (Phi) is 18.8. The van der Waals surface area contributed by atoms with Gasteiger partial charge >= 0.3 is 5.97 Å². The molecule has 0 amide bonds. The van der Waals surface area contributed by atoms with Crippen molar-refractivity contribution in [1.29, 1.82) is 0 Å². The molecule has 0 aliphatic rings. The van der Waals surface area contributed by atoms with Gasteiger partial charge in [-0.25, -0.2) is 0 Å². The number of carbonyl (C=O) groups is 2. The van der Waals surface area contributed by atoms with Crippen LogP contribution in [-0.2, 0) is 9.59 Å². The minimum absolute atomic E-state index is 0.330. The Balaban J connectivity index is 3.05. The molecule has 0 aliphatic carbocycles. The summed E-state index contributed by atoms with van der Waals surface area (Å²) in [5.74, 6) is -0.218. The first-order chi connectivity index (χ1) is 12.2. The number of Topliss-reactive ketones (excluding diaryl/α,β-unsaturated/α-hetero) is 1. The molecule has 3 heteroatoms. The van der Waals surface area contributed by atoms with Crippen LogP contribution in [0.25, 0.3) is 0 Å². The number of hydrogen-bond donors (Lipinski definition) is 1. The van der Waals surface area contributed by atoms with Crippen molar-refractivity contribution in [3.05, 3.63) is 0 Å². The van der Waals surface area contributed by atoms with Crippen LogP contribution in [0, 0.1) is 0 Å². The fraction of sp³-hybridized carbons (Fsp3) is 0.909. The normalized spacial score (nSPS) is 10.9. The lowest BCUT2D eigenvalue weighted by molar-refractivity contribution is -0.137. The van der Waals surface area contributed by atoms with Gasteiger partial charge in [-0.2, -0.15) is 0 Å². The first-order valence-corrected chi connectivity index (χ1v) is 10.9. The van der Waals surface area contributed by atoms with E-state index in [4.69, 9.17) is 5.11 Å². The molecular formula is C22H42O3. The maximum absolute atomic E-state index is 11.4. The Labute approximate surface area is 156 Å². The fourth-order valence-electron chi connectivity index (χ4n) is 3.30. The molecule has 0 rings (SSSR count). The van der Waals surface area contributed by atoms with Crippen LogP contribution in [0.1, 0.15) is 129 Å². The number of aliphatic carboxylic acids is 1. The van der Waals surface area contributed by atoms with Gasteiger partial charge in [0.15, 0.2) is 0 Å². The molecule has 3 nitrogen and oxygen atoms in total. The molecule has 0 aromatic rings. The van der Waals surface area contributed by atoms with E-state index in [1.807, 2.05) is 0 Å². The van der Waals surface area contributed by atoms with Crippen molar-refractivity contribution in [2.24, 2.45) is 0 Å². The molecule has 25 heavy (non-hydrogen) atoms. The summed E-state index contributed by atoms with van der Waals surface area (Å²) in [6.07, 6.45) is 21.6. The number of ketones is 1. The first kappa shape index (κ1) is 24.1. The molecule has 148 valence electrons. The molecule has 0 aliphatic heterocycles. The Morgan fingerprint density at radius 2 is 0.840 bits per heavy atom. The lowest BCUT2D eigenvalue weighted by atomic mass is 10.0. The van der Waals surface area contributed by atoms with Crippen LogP contribution in [0.4, 0.5) is 0 Å². The average Bonchev–Trinajstić information content (AvgIpc) is 2.57. The predicted octanol–water partition coefficient (Wildman–Crippen LogP) is 7.07. The Hall–Kier alpha value is -0.860. The van der Waals surface area contributed by atoms with Gasteiger partial charge < -0.3 is 5.11 Å². The van der Waals surface area contributed by atoms with E-state index in [9.17, 15) is 9.59 Å². The van der Waals surface area contributed by atoms with E-state index in [1.165, 1.54) is 77.0 Å². The topological polar surface area (TPSA) is 54.4 Å². The van der Waals surface area contributed by atoms with Gasteiger partial charge in [-0.1, -0.05) is 90.4 Å². The number of carboxylic acid groups (broad SMARTS) is 1. The summed E-state index contributed by atoms with van der Waals surface area (Å²) >= 11 is 0. The number of carboxylic acids is 1. The SMILES string of the molecule is CCCC(=O)CCCCCCCCCCCCCCCCCC(=O)O. The highest BCUT2D eigenvalue weighted by molar-refractivity contribution is 5.78. The summed E-state index contributed by atoms with van der Waals surface area (Å²) in [6.45, 7) is 2.07. The third kappa shape index (κ3) is 21.1. The zero-order chi connectivity index (χ0) is 18.6. The third-order valence-corrected chi connectivity index (χ3v) is 4.88. The molecule has 0 spiro atoms. The van der Waals surface area contributed by atoms with E-state index in [-0.39, 0.29) is 0 Å². The second kappa shape index (κ2) is 19.5. The number of hydrogen-bond acceptors (Lipinski definition) is 2. The van der Waals surface area contributed by atoms with Crippen LogP contribution in [-0.4, -0.2) is 16.9 Å². The van der Waals surface area contributed by atoms with Crippen LogP contribution < -0.4 is 0 Å². The van der Waals surface area contributed by atoms with Gasteiger partial charge in [0.25, 0.3) is 0 Å². The van der Waals surface area contributed by atoms with Crippen LogP contribution >= 0.6 is 0 Å². The summed E-state index contributed by atoms with van der Waals surface area (Å²) in [6, 6.07) is 0. The monoisotopic (exact) mass is 354 g/mol. The summed E-state index contributed by atoms with van der Waals surface area (Å²) in [5.41, 5.74) is 0. The van der Waals surface area contributed by atoms with E-state index < -0.39 is 5.97 Å². The molecule has 0 saturated heterocycles. The smallest absolute Gasteiger partial charge is 0.303 e. The van der Waals surface area contributed by atoms with Gasteiger partial charge in [0, 0.05) is 19.3 Å². The number of carbonyl (C=O) groups excluding carboxylic acids is 1. The standard InChI is InChI=1S/C22H42O3/c1-2-18-21(23)19-16-14-12-10-8-6-4-3-5-7-9-11-13-15-17-20-22(24)25/h2-20H2,1H3,(H,24,25). The Morgan fingerprint density at radius 1 is 0.520 bits per heavy atom. The zero-order valence-electron chi connectivity index (χ0n) is 16.7. The largest absolute Gasteiger partial charge is 0.481 e. The fourth-order valence-corrected chi connectivity index (χ4v) is 3.30. The van der Waals surface area contributed by atoms with E-state index in [0.29, 0.717) is 12.2 Å². The van der Waals surface area contributed by atoms with Crippen LogP contribution in [0.15, 0.2) is 0 Å². The van der Waals surface area contributed by atoms with Crippen molar-refractivity contribution in [1.82, 2.24) is 0 Å². The summed E-state index contributed by atoms with van der Waals surface area (Å²) in [4.78, 5) is 21.8. The quantitative estimate of drug-likeness (QED) is 0.238. The third-order valence-electron chi connectivity index (χ3n) is 4.88. The predicted molar refractivity (Wildman–Crippen MR) is 106 cm³/mol. The molecule has 0 fully saturated rings. The maximum Gasteiger partial charge on any atom is 0.303 e. The highest BCUT2D eigenvalue weighted by Crippen LogP contribution is 2.14. The van der Waals surface area contributed by atoms with Crippen molar-refractivity contribution in [3.8, 4) is 0 Å². The average molecular weight is 355 g/mol. The maximum atomic E-state index is 11.4. The summed E-state index contributed by atoms with van der Waals surface area (Å²) < 4.78 is 0.